The van der Waals surface area contributed by atoms with E-state index >= 15 is 0 Å². The highest BCUT2D eigenvalue weighted by Gasteiger charge is 2.31. The third-order valence-corrected chi connectivity index (χ3v) is 4.37. The summed E-state index contributed by atoms with van der Waals surface area (Å²) in [5, 5.41) is 0. The van der Waals surface area contributed by atoms with Crippen LogP contribution in [0.15, 0.2) is 42.5 Å². The number of fused-ring (bicyclic) bond motifs is 1. The number of carbonyl (C=O) groups excluding carboxylic acids is 1. The van der Waals surface area contributed by atoms with Crippen LogP contribution in [0, 0.1) is 0 Å². The number of carbonyl (C=O) groups is 1. The molecule has 0 N–H and O–H groups in total. The molecule has 0 spiro atoms. The fourth-order valence-electron chi connectivity index (χ4n) is 3.10. The van der Waals surface area contributed by atoms with Gasteiger partial charge in [-0.2, -0.15) is 0 Å². The maximum absolute atomic E-state index is 12.7. The van der Waals surface area contributed by atoms with Gasteiger partial charge in [-0.1, -0.05) is 24.3 Å². The lowest BCUT2D eigenvalue weighted by Crippen LogP contribution is -2.27. The Bertz CT molecular complexity index is 741. The number of hydrogen-bond donors (Lipinski definition) is 0. The quantitative estimate of drug-likeness (QED) is 0.799. The molecule has 0 saturated heterocycles. The van der Waals surface area contributed by atoms with Crippen LogP contribution in [0.4, 0.5) is 0 Å². The molecule has 1 atom stereocenters. The number of ether oxygens (including phenoxy) is 2. The van der Waals surface area contributed by atoms with E-state index in [2.05, 4.69) is 6.92 Å². The summed E-state index contributed by atoms with van der Waals surface area (Å²) in [6.07, 6.45) is 0. The summed E-state index contributed by atoms with van der Waals surface area (Å²) >= 11 is 0. The fraction of sp³-hybridized carbons (Fsp3) is 0.350. The summed E-state index contributed by atoms with van der Waals surface area (Å²) in [6, 6.07) is 13.7. The summed E-state index contributed by atoms with van der Waals surface area (Å²) in [7, 11) is 0. The SMILES string of the molecule is CCOc1ccc([C@H](C)N2Cc3ccccc3C2=O)cc1OCC. The molecule has 0 aliphatic carbocycles. The molecule has 0 unspecified atom stereocenters. The Morgan fingerprint density at radius 1 is 1.04 bits per heavy atom. The van der Waals surface area contributed by atoms with Gasteiger partial charge in [0, 0.05) is 12.1 Å². The molecule has 0 saturated carbocycles. The van der Waals surface area contributed by atoms with Crippen molar-refractivity contribution in [3.8, 4) is 11.5 Å². The van der Waals surface area contributed by atoms with Crippen molar-refractivity contribution in [3.05, 3.63) is 59.2 Å². The first kappa shape index (κ1) is 16.4. The zero-order valence-corrected chi connectivity index (χ0v) is 14.4. The van der Waals surface area contributed by atoms with E-state index in [1.807, 2.05) is 61.2 Å². The largest absolute Gasteiger partial charge is 0.490 e. The number of benzene rings is 2. The maximum atomic E-state index is 12.7. The van der Waals surface area contributed by atoms with Crippen LogP contribution in [0.1, 0.15) is 48.3 Å². The first-order valence-electron chi connectivity index (χ1n) is 8.44. The molecule has 4 heteroatoms. The van der Waals surface area contributed by atoms with Crippen molar-refractivity contribution >= 4 is 5.91 Å². The van der Waals surface area contributed by atoms with Crippen LogP contribution in [0.3, 0.4) is 0 Å². The van der Waals surface area contributed by atoms with Gasteiger partial charge < -0.3 is 14.4 Å². The second kappa shape index (κ2) is 6.95. The third kappa shape index (κ3) is 2.96. The Labute approximate surface area is 143 Å². The minimum Gasteiger partial charge on any atom is -0.490 e. The predicted octanol–water partition coefficient (Wildman–Crippen LogP) is 4.20. The molecule has 2 aromatic carbocycles. The summed E-state index contributed by atoms with van der Waals surface area (Å²) in [6.45, 7) is 7.77. The molecule has 3 rings (SSSR count). The molecule has 24 heavy (non-hydrogen) atoms. The van der Waals surface area contributed by atoms with Crippen LogP contribution in [0.2, 0.25) is 0 Å². The first-order valence-corrected chi connectivity index (χ1v) is 8.44. The molecule has 0 aromatic heterocycles. The second-order valence-electron chi connectivity index (χ2n) is 5.84. The molecule has 1 aliphatic rings. The predicted molar refractivity (Wildman–Crippen MR) is 93.5 cm³/mol. The van der Waals surface area contributed by atoms with Crippen LogP contribution in [-0.4, -0.2) is 24.0 Å². The molecule has 1 amide bonds. The van der Waals surface area contributed by atoms with E-state index in [9.17, 15) is 4.79 Å². The average Bonchev–Trinajstić information content (AvgIpc) is 2.93. The lowest BCUT2D eigenvalue weighted by atomic mass is 10.1. The van der Waals surface area contributed by atoms with Crippen molar-refractivity contribution in [1.29, 1.82) is 0 Å². The molecular formula is C20H23NO3. The number of hydrogen-bond acceptors (Lipinski definition) is 3. The van der Waals surface area contributed by atoms with E-state index in [1.165, 1.54) is 0 Å². The zero-order chi connectivity index (χ0) is 17.1. The summed E-state index contributed by atoms with van der Waals surface area (Å²) in [4.78, 5) is 14.6. The van der Waals surface area contributed by atoms with Crippen molar-refractivity contribution in [2.45, 2.75) is 33.4 Å². The highest BCUT2D eigenvalue weighted by Crippen LogP contribution is 2.35. The van der Waals surface area contributed by atoms with Crippen molar-refractivity contribution < 1.29 is 14.3 Å². The molecule has 1 aliphatic heterocycles. The summed E-state index contributed by atoms with van der Waals surface area (Å²) in [5.74, 6) is 1.56. The third-order valence-electron chi connectivity index (χ3n) is 4.37. The van der Waals surface area contributed by atoms with Crippen LogP contribution in [-0.2, 0) is 6.54 Å². The number of nitrogens with zero attached hydrogens (tertiary/aromatic N) is 1. The van der Waals surface area contributed by atoms with Crippen molar-refractivity contribution in [2.24, 2.45) is 0 Å². The molecule has 0 radical (unpaired) electrons. The van der Waals surface area contributed by atoms with E-state index in [1.54, 1.807) is 0 Å². The zero-order valence-electron chi connectivity index (χ0n) is 14.4. The Balaban J connectivity index is 1.87. The van der Waals surface area contributed by atoms with Crippen LogP contribution in [0.25, 0.3) is 0 Å². The summed E-state index contributed by atoms with van der Waals surface area (Å²) in [5.41, 5.74) is 2.94. The molecule has 2 aromatic rings. The van der Waals surface area contributed by atoms with Gasteiger partial charge in [-0.3, -0.25) is 4.79 Å². The normalized spacial score (nSPS) is 14.5. The minimum atomic E-state index is -0.0280. The second-order valence-corrected chi connectivity index (χ2v) is 5.84. The highest BCUT2D eigenvalue weighted by molar-refractivity contribution is 5.98. The number of rotatable bonds is 6. The van der Waals surface area contributed by atoms with Crippen molar-refractivity contribution in [1.82, 2.24) is 4.90 Å². The maximum Gasteiger partial charge on any atom is 0.255 e. The smallest absolute Gasteiger partial charge is 0.255 e. The molecule has 4 nitrogen and oxygen atoms in total. The van der Waals surface area contributed by atoms with Gasteiger partial charge in [0.2, 0.25) is 0 Å². The van der Waals surface area contributed by atoms with Gasteiger partial charge in [0.15, 0.2) is 11.5 Å². The van der Waals surface area contributed by atoms with Crippen molar-refractivity contribution in [3.63, 3.8) is 0 Å². The first-order chi connectivity index (χ1) is 11.7. The summed E-state index contributed by atoms with van der Waals surface area (Å²) < 4.78 is 11.3. The topological polar surface area (TPSA) is 38.8 Å². The van der Waals surface area contributed by atoms with E-state index in [4.69, 9.17) is 9.47 Å². The Kier molecular flexibility index (Phi) is 4.74. The van der Waals surface area contributed by atoms with Crippen molar-refractivity contribution in [2.75, 3.05) is 13.2 Å². The monoisotopic (exact) mass is 325 g/mol. The van der Waals surface area contributed by atoms with Gasteiger partial charge >= 0.3 is 0 Å². The van der Waals surface area contributed by atoms with Gasteiger partial charge in [0.1, 0.15) is 0 Å². The Hall–Kier alpha value is -2.49. The number of amides is 1. The molecular weight excluding hydrogens is 302 g/mol. The van der Waals surface area contributed by atoms with E-state index in [0.29, 0.717) is 19.8 Å². The van der Waals surface area contributed by atoms with E-state index in [-0.39, 0.29) is 11.9 Å². The van der Waals surface area contributed by atoms with E-state index in [0.717, 1.165) is 28.2 Å². The van der Waals surface area contributed by atoms with Crippen LogP contribution in [0.5, 0.6) is 11.5 Å². The molecule has 126 valence electrons. The van der Waals surface area contributed by atoms with E-state index < -0.39 is 0 Å². The fourth-order valence-corrected chi connectivity index (χ4v) is 3.10. The van der Waals surface area contributed by atoms with Gasteiger partial charge in [0.05, 0.1) is 19.3 Å². The molecule has 0 fully saturated rings. The van der Waals surface area contributed by atoms with Gasteiger partial charge in [0.25, 0.3) is 5.91 Å². The Morgan fingerprint density at radius 3 is 2.46 bits per heavy atom. The van der Waals surface area contributed by atoms with Gasteiger partial charge in [-0.25, -0.2) is 0 Å². The lowest BCUT2D eigenvalue weighted by molar-refractivity contribution is 0.0715. The highest BCUT2D eigenvalue weighted by atomic mass is 16.5. The minimum absolute atomic E-state index is 0.0280. The standard InChI is InChI=1S/C20H23NO3/c1-4-23-18-11-10-15(12-19(18)24-5-2)14(3)21-13-16-8-6-7-9-17(16)20(21)22/h6-12,14H,4-5,13H2,1-3H3/t14-/m0/s1. The molecule has 1 heterocycles. The molecule has 0 bridgehead atoms. The Morgan fingerprint density at radius 2 is 1.75 bits per heavy atom. The van der Waals surface area contributed by atoms with Crippen LogP contribution < -0.4 is 9.47 Å². The van der Waals surface area contributed by atoms with Gasteiger partial charge in [-0.05, 0) is 50.1 Å². The van der Waals surface area contributed by atoms with Gasteiger partial charge in [-0.15, -0.1) is 0 Å². The lowest BCUT2D eigenvalue weighted by Gasteiger charge is -2.25. The average molecular weight is 325 g/mol. The van der Waals surface area contributed by atoms with Crippen LogP contribution >= 0.6 is 0 Å².